The van der Waals surface area contributed by atoms with Crippen molar-refractivity contribution in [2.75, 3.05) is 0 Å². The molecule has 0 aliphatic carbocycles. The number of carbonyl (C=O) groups is 2. The predicted octanol–water partition coefficient (Wildman–Crippen LogP) is -0.701. The van der Waals surface area contributed by atoms with Gasteiger partial charge >= 0.3 is 23.0 Å². The van der Waals surface area contributed by atoms with Gasteiger partial charge in [-0.15, -0.1) is 0 Å². The molecule has 31 heavy (non-hydrogen) atoms. The van der Waals surface area contributed by atoms with Crippen LogP contribution in [0.15, 0.2) is 67.0 Å². The summed E-state index contributed by atoms with van der Waals surface area (Å²) in [5, 5.41) is 33.4. The van der Waals surface area contributed by atoms with E-state index >= 15 is 0 Å². The standard InChI is InChI=1S/C10H8N2.C7H5NO4.Cu.NO3.2H2O/c1-3-7-11-9(5-1)10-6-2-4-8-12-10;9-6(10)4-2-1-3-5(8-4)7(11)12;;2-1(3)4;;/h1-8H;1-3H,(H,9,10)(H,11,12);;;2*1H2/q;;+2;-1;;. The minimum absolute atomic E-state index is 0. The molecule has 13 nitrogen and oxygen atoms in total. The molecule has 0 aliphatic rings. The Kier molecular flexibility index (Phi) is 17.3. The zero-order chi connectivity index (χ0) is 20.9. The summed E-state index contributed by atoms with van der Waals surface area (Å²) in [4.78, 5) is 40.4. The largest absolute Gasteiger partial charge is 2.00 e. The summed E-state index contributed by atoms with van der Waals surface area (Å²) in [5.74, 6) is -2.75. The van der Waals surface area contributed by atoms with E-state index in [1.165, 1.54) is 18.2 Å². The van der Waals surface area contributed by atoms with Crippen molar-refractivity contribution in [3.63, 3.8) is 0 Å². The number of carboxylic acid groups (broad SMARTS) is 2. The van der Waals surface area contributed by atoms with Gasteiger partial charge in [-0.25, -0.2) is 9.78 Å². The summed E-state index contributed by atoms with van der Waals surface area (Å²) in [6, 6.07) is 15.3. The van der Waals surface area contributed by atoms with Gasteiger partial charge in [-0.1, -0.05) is 18.2 Å². The van der Waals surface area contributed by atoms with Crippen LogP contribution in [0.2, 0.25) is 0 Å². The van der Waals surface area contributed by atoms with E-state index in [0.717, 1.165) is 11.4 Å². The van der Waals surface area contributed by atoms with Crippen molar-refractivity contribution >= 4 is 11.9 Å². The molecule has 1 radical (unpaired) electrons. The monoisotopic (exact) mass is 484 g/mol. The molecule has 0 spiro atoms. The first-order valence-electron chi connectivity index (χ1n) is 7.37. The van der Waals surface area contributed by atoms with Crippen LogP contribution in [-0.4, -0.2) is 42.6 Å². The quantitative estimate of drug-likeness (QED) is 0.211. The number of carbonyl (C=O) groups excluding carboxylic acids is 1. The van der Waals surface area contributed by atoms with Crippen LogP contribution >= 0.6 is 0 Å². The number of carboxylic acids is 2. The van der Waals surface area contributed by atoms with E-state index < -0.39 is 17.0 Å². The van der Waals surface area contributed by atoms with Gasteiger partial charge in [-0.3, -0.25) is 9.97 Å². The number of hydrogen-bond acceptors (Lipinski definition) is 9. The van der Waals surface area contributed by atoms with Gasteiger partial charge in [0.1, 0.15) is 5.69 Å². The third-order valence-electron chi connectivity index (χ3n) is 2.77. The molecule has 3 aromatic rings. The molecule has 0 saturated carbocycles. The van der Waals surface area contributed by atoms with Gasteiger partial charge in [0, 0.05) is 12.4 Å². The Morgan fingerprint density at radius 3 is 1.58 bits per heavy atom. The summed E-state index contributed by atoms with van der Waals surface area (Å²) >= 11 is 0. The van der Waals surface area contributed by atoms with Crippen LogP contribution in [0.1, 0.15) is 21.0 Å². The van der Waals surface area contributed by atoms with E-state index in [1.54, 1.807) is 12.4 Å². The first kappa shape index (κ1) is 31.7. The number of aromatic carboxylic acids is 2. The summed E-state index contributed by atoms with van der Waals surface area (Å²) < 4.78 is 0. The van der Waals surface area contributed by atoms with E-state index in [0.29, 0.717) is 0 Å². The van der Waals surface area contributed by atoms with Crippen molar-refractivity contribution < 1.29 is 52.9 Å². The van der Waals surface area contributed by atoms with Crippen LogP contribution in [-0.2, 0) is 22.5 Å². The number of pyridine rings is 3. The second-order valence-corrected chi connectivity index (χ2v) is 4.65. The molecule has 0 amide bonds. The van der Waals surface area contributed by atoms with Crippen molar-refractivity contribution in [1.82, 2.24) is 15.0 Å². The summed E-state index contributed by atoms with van der Waals surface area (Å²) in [5.41, 5.74) is 1.14. The third-order valence-corrected chi connectivity index (χ3v) is 2.77. The molecule has 0 aliphatic heterocycles. The first-order valence-corrected chi connectivity index (χ1v) is 7.37. The van der Waals surface area contributed by atoms with Crippen LogP contribution in [0.3, 0.4) is 0 Å². The van der Waals surface area contributed by atoms with E-state index in [-0.39, 0.29) is 39.4 Å². The van der Waals surface area contributed by atoms with Crippen molar-refractivity contribution in [3.8, 4) is 11.4 Å². The number of aromatic nitrogens is 3. The molecule has 3 aromatic heterocycles. The second kappa shape index (κ2) is 16.9. The average molecular weight is 485 g/mol. The molecular formula is C17H17CuN4O9+. The Hall–Kier alpha value is -3.97. The Labute approximate surface area is 185 Å². The van der Waals surface area contributed by atoms with Gasteiger partial charge < -0.3 is 41.3 Å². The van der Waals surface area contributed by atoms with E-state index in [4.69, 9.17) is 20.4 Å². The molecule has 0 aromatic carbocycles. The average Bonchev–Trinajstić information content (AvgIpc) is 2.69. The molecule has 169 valence electrons. The van der Waals surface area contributed by atoms with Crippen LogP contribution in [0.5, 0.6) is 0 Å². The van der Waals surface area contributed by atoms with Gasteiger partial charge in [-0.05, 0) is 36.4 Å². The molecule has 0 fully saturated rings. The molecule has 0 saturated heterocycles. The zero-order valence-corrected chi connectivity index (χ0v) is 16.4. The molecular weight excluding hydrogens is 468 g/mol. The number of rotatable bonds is 3. The smallest absolute Gasteiger partial charge is 0.543 e. The zero-order valence-electron chi connectivity index (χ0n) is 15.4. The topological polar surface area (TPSA) is 247 Å². The van der Waals surface area contributed by atoms with Crippen LogP contribution in [0, 0.1) is 15.3 Å². The molecule has 14 heteroatoms. The number of hydrogen-bond donors (Lipinski definition) is 1. The molecule has 6 N–H and O–H groups in total. The molecule has 0 unspecified atom stereocenters. The molecule has 0 atom stereocenters. The molecule has 0 bridgehead atoms. The van der Waals surface area contributed by atoms with Gasteiger partial charge in [0.05, 0.1) is 28.1 Å². The fraction of sp³-hybridized carbons (Fsp3) is 0. The Morgan fingerprint density at radius 2 is 1.26 bits per heavy atom. The minimum atomic E-state index is -1.75. The normalized spacial score (nSPS) is 8.13. The SMILES string of the molecule is O.O=C([O-])c1cccc(C(=O)O)n1.O=[N+]([O-])[O-].[Cu+2].[OH3+].c1ccc(-c2ccccn2)nc1. The fourth-order valence-corrected chi connectivity index (χ4v) is 1.70. The van der Waals surface area contributed by atoms with Crippen molar-refractivity contribution in [2.24, 2.45) is 0 Å². The van der Waals surface area contributed by atoms with Crippen molar-refractivity contribution in [1.29, 1.82) is 0 Å². The Bertz CT molecular complexity index is 860. The van der Waals surface area contributed by atoms with E-state index in [9.17, 15) is 14.7 Å². The Balaban J connectivity index is -0.000000400. The molecule has 3 rings (SSSR count). The maximum atomic E-state index is 10.3. The maximum Gasteiger partial charge on any atom is 2.00 e. The van der Waals surface area contributed by atoms with Gasteiger partial charge in [0.25, 0.3) is 0 Å². The summed E-state index contributed by atoms with van der Waals surface area (Å²) in [6.45, 7) is 0. The predicted molar refractivity (Wildman–Crippen MR) is 102 cm³/mol. The number of nitrogens with zero attached hydrogens (tertiary/aromatic N) is 4. The van der Waals surface area contributed by atoms with Gasteiger partial charge in [0.2, 0.25) is 0 Å². The fourth-order valence-electron chi connectivity index (χ4n) is 1.70. The maximum absolute atomic E-state index is 10.3. The van der Waals surface area contributed by atoms with Crippen molar-refractivity contribution in [2.45, 2.75) is 0 Å². The first-order chi connectivity index (χ1) is 13.3. The Morgan fingerprint density at radius 1 is 0.839 bits per heavy atom. The van der Waals surface area contributed by atoms with Crippen LogP contribution < -0.4 is 5.11 Å². The van der Waals surface area contributed by atoms with Crippen LogP contribution in [0.25, 0.3) is 11.4 Å². The summed E-state index contributed by atoms with van der Waals surface area (Å²) in [7, 11) is 0. The molecule has 3 heterocycles. The van der Waals surface area contributed by atoms with E-state index in [2.05, 4.69) is 15.0 Å². The summed E-state index contributed by atoms with van der Waals surface area (Å²) in [6.07, 6.45) is 3.54. The van der Waals surface area contributed by atoms with Gasteiger partial charge in [0.15, 0.2) is 0 Å². The van der Waals surface area contributed by atoms with Crippen molar-refractivity contribution in [3.05, 3.63) is 93.7 Å². The minimum Gasteiger partial charge on any atom is -0.543 e. The van der Waals surface area contributed by atoms with E-state index in [1.807, 2.05) is 36.4 Å². The second-order valence-electron chi connectivity index (χ2n) is 4.65. The third kappa shape index (κ3) is 13.0. The van der Waals surface area contributed by atoms with Gasteiger partial charge in [-0.2, -0.15) is 0 Å². The van der Waals surface area contributed by atoms with Crippen LogP contribution in [0.4, 0.5) is 0 Å².